The molecule has 0 amide bonds. The molecule has 0 aliphatic carbocycles. The number of rotatable bonds is 4. The van der Waals surface area contributed by atoms with Gasteiger partial charge in [-0.2, -0.15) is 5.26 Å². The molecule has 2 nitrogen and oxygen atoms in total. The minimum absolute atomic E-state index is 0.559. The maximum atomic E-state index is 8.36. The Morgan fingerprint density at radius 1 is 1.50 bits per heavy atom. The van der Waals surface area contributed by atoms with Gasteiger partial charge in [-0.3, -0.25) is 0 Å². The van der Waals surface area contributed by atoms with Crippen molar-refractivity contribution in [2.75, 3.05) is 6.54 Å². The smallest absolute Gasteiger partial charge is 0.0635 e. The third-order valence-corrected chi connectivity index (χ3v) is 2.68. The Bertz CT molecular complexity index is 342. The van der Waals surface area contributed by atoms with Gasteiger partial charge < -0.3 is 5.32 Å². The summed E-state index contributed by atoms with van der Waals surface area (Å²) in [5.74, 6) is 0. The van der Waals surface area contributed by atoms with Crippen molar-refractivity contribution < 1.29 is 0 Å². The van der Waals surface area contributed by atoms with E-state index in [-0.39, 0.29) is 0 Å². The van der Waals surface area contributed by atoms with Crippen molar-refractivity contribution >= 4 is 15.9 Å². The Hall–Kier alpha value is -0.850. The molecule has 3 heteroatoms. The van der Waals surface area contributed by atoms with E-state index >= 15 is 0 Å². The summed E-state index contributed by atoms with van der Waals surface area (Å²) in [5, 5.41) is 11.6. The van der Waals surface area contributed by atoms with Crippen LogP contribution in [0.4, 0.5) is 0 Å². The summed E-state index contributed by atoms with van der Waals surface area (Å²) in [5.41, 5.74) is 2.48. The first kappa shape index (κ1) is 11.2. The second kappa shape index (κ2) is 5.79. The highest BCUT2D eigenvalue weighted by Gasteiger charge is 1.98. The van der Waals surface area contributed by atoms with E-state index in [4.69, 9.17) is 5.26 Å². The Labute approximate surface area is 93.1 Å². The van der Waals surface area contributed by atoms with Gasteiger partial charge in [-0.05, 0) is 24.1 Å². The van der Waals surface area contributed by atoms with Crippen molar-refractivity contribution in [2.24, 2.45) is 0 Å². The molecule has 0 fully saturated rings. The summed E-state index contributed by atoms with van der Waals surface area (Å²) in [6.07, 6.45) is 0.559. The molecule has 0 radical (unpaired) electrons. The molecule has 14 heavy (non-hydrogen) atoms. The van der Waals surface area contributed by atoms with Crippen molar-refractivity contribution in [3.8, 4) is 6.07 Å². The summed E-state index contributed by atoms with van der Waals surface area (Å²) in [4.78, 5) is 0. The van der Waals surface area contributed by atoms with E-state index in [2.05, 4.69) is 52.4 Å². The first-order valence-electron chi connectivity index (χ1n) is 4.56. The number of halogens is 1. The van der Waals surface area contributed by atoms with E-state index in [9.17, 15) is 0 Å². The molecule has 0 atom stereocenters. The standard InChI is InChI=1S/C11H13BrN2/c1-9-3-4-10(11(12)7-9)8-14-6-2-5-13/h3-4,7,14H,2,6,8H2,1H3. The third kappa shape index (κ3) is 3.49. The lowest BCUT2D eigenvalue weighted by molar-refractivity contribution is 0.697. The van der Waals surface area contributed by atoms with Crippen molar-refractivity contribution in [1.29, 1.82) is 5.26 Å². The number of nitrogens with zero attached hydrogens (tertiary/aromatic N) is 1. The maximum absolute atomic E-state index is 8.36. The Morgan fingerprint density at radius 2 is 2.29 bits per heavy atom. The molecule has 1 aromatic rings. The van der Waals surface area contributed by atoms with Crippen LogP contribution >= 0.6 is 15.9 Å². The molecule has 1 aromatic carbocycles. The van der Waals surface area contributed by atoms with E-state index < -0.39 is 0 Å². The van der Waals surface area contributed by atoms with Gasteiger partial charge in [0.25, 0.3) is 0 Å². The van der Waals surface area contributed by atoms with Crippen molar-refractivity contribution in [3.63, 3.8) is 0 Å². The summed E-state index contributed by atoms with van der Waals surface area (Å²) in [6, 6.07) is 8.39. The minimum Gasteiger partial charge on any atom is -0.312 e. The molecule has 0 spiro atoms. The SMILES string of the molecule is Cc1ccc(CNCCC#N)c(Br)c1. The quantitative estimate of drug-likeness (QED) is 0.837. The van der Waals surface area contributed by atoms with Crippen LogP contribution in [0.2, 0.25) is 0 Å². The van der Waals surface area contributed by atoms with Crippen LogP contribution in [-0.2, 0) is 6.54 Å². The normalized spacial score (nSPS) is 9.79. The van der Waals surface area contributed by atoms with Gasteiger partial charge in [-0.1, -0.05) is 28.1 Å². The molecular formula is C11H13BrN2. The molecule has 0 aliphatic heterocycles. The van der Waals surface area contributed by atoms with E-state index in [0.29, 0.717) is 6.42 Å². The van der Waals surface area contributed by atoms with Gasteiger partial charge in [0.1, 0.15) is 0 Å². The highest BCUT2D eigenvalue weighted by molar-refractivity contribution is 9.10. The van der Waals surface area contributed by atoms with Crippen LogP contribution in [0.25, 0.3) is 0 Å². The van der Waals surface area contributed by atoms with Gasteiger partial charge >= 0.3 is 0 Å². The van der Waals surface area contributed by atoms with Gasteiger partial charge in [-0.25, -0.2) is 0 Å². The number of nitrogens with one attached hydrogen (secondary N) is 1. The molecule has 0 saturated carbocycles. The number of hydrogen-bond acceptors (Lipinski definition) is 2. The highest BCUT2D eigenvalue weighted by atomic mass is 79.9. The Balaban J connectivity index is 2.47. The molecule has 74 valence electrons. The summed E-state index contributed by atoms with van der Waals surface area (Å²) >= 11 is 3.51. The van der Waals surface area contributed by atoms with Crippen molar-refractivity contribution in [1.82, 2.24) is 5.32 Å². The second-order valence-electron chi connectivity index (χ2n) is 3.18. The summed E-state index contributed by atoms with van der Waals surface area (Å²) in [7, 11) is 0. The van der Waals surface area contributed by atoms with Gasteiger partial charge in [0.15, 0.2) is 0 Å². The predicted molar refractivity (Wildman–Crippen MR) is 60.8 cm³/mol. The van der Waals surface area contributed by atoms with Crippen molar-refractivity contribution in [3.05, 3.63) is 33.8 Å². The fourth-order valence-electron chi connectivity index (χ4n) is 1.16. The molecule has 0 unspecified atom stereocenters. The zero-order valence-corrected chi connectivity index (χ0v) is 9.76. The molecule has 0 aromatic heterocycles. The van der Waals surface area contributed by atoms with Gasteiger partial charge in [-0.15, -0.1) is 0 Å². The first-order valence-corrected chi connectivity index (χ1v) is 5.36. The van der Waals surface area contributed by atoms with Gasteiger partial charge in [0, 0.05) is 24.0 Å². The van der Waals surface area contributed by atoms with Crippen LogP contribution in [0.5, 0.6) is 0 Å². The highest BCUT2D eigenvalue weighted by Crippen LogP contribution is 2.17. The monoisotopic (exact) mass is 252 g/mol. The number of benzene rings is 1. The zero-order chi connectivity index (χ0) is 10.4. The average Bonchev–Trinajstić information content (AvgIpc) is 2.15. The average molecular weight is 253 g/mol. The molecule has 1 rings (SSSR count). The summed E-state index contributed by atoms with van der Waals surface area (Å²) in [6.45, 7) is 3.62. The predicted octanol–water partition coefficient (Wildman–Crippen LogP) is 2.76. The first-order chi connectivity index (χ1) is 6.74. The number of hydrogen-bond donors (Lipinski definition) is 1. The van der Waals surface area contributed by atoms with Crippen LogP contribution in [0.3, 0.4) is 0 Å². The van der Waals surface area contributed by atoms with E-state index in [0.717, 1.165) is 17.6 Å². The van der Waals surface area contributed by atoms with Crippen LogP contribution in [-0.4, -0.2) is 6.54 Å². The van der Waals surface area contributed by atoms with Crippen molar-refractivity contribution in [2.45, 2.75) is 19.9 Å². The lowest BCUT2D eigenvalue weighted by atomic mass is 10.1. The lowest BCUT2D eigenvalue weighted by Crippen LogP contribution is -2.14. The number of nitriles is 1. The zero-order valence-electron chi connectivity index (χ0n) is 8.18. The lowest BCUT2D eigenvalue weighted by Gasteiger charge is -2.05. The molecule has 0 aliphatic rings. The van der Waals surface area contributed by atoms with Crippen LogP contribution < -0.4 is 5.32 Å². The fraction of sp³-hybridized carbons (Fsp3) is 0.364. The topological polar surface area (TPSA) is 35.8 Å². The van der Waals surface area contributed by atoms with Crippen LogP contribution in [0.1, 0.15) is 17.5 Å². The van der Waals surface area contributed by atoms with E-state index in [1.54, 1.807) is 0 Å². The van der Waals surface area contributed by atoms with Gasteiger partial charge in [0.2, 0.25) is 0 Å². The third-order valence-electron chi connectivity index (χ3n) is 1.94. The molecular weight excluding hydrogens is 240 g/mol. The summed E-state index contributed by atoms with van der Waals surface area (Å²) < 4.78 is 1.13. The Kier molecular flexibility index (Phi) is 4.64. The molecule has 0 saturated heterocycles. The Morgan fingerprint density at radius 3 is 2.93 bits per heavy atom. The number of aryl methyl sites for hydroxylation is 1. The minimum atomic E-state index is 0.559. The maximum Gasteiger partial charge on any atom is 0.0635 e. The van der Waals surface area contributed by atoms with E-state index in [1.165, 1.54) is 11.1 Å². The van der Waals surface area contributed by atoms with Crippen LogP contribution in [0, 0.1) is 18.3 Å². The largest absolute Gasteiger partial charge is 0.312 e. The van der Waals surface area contributed by atoms with E-state index in [1.807, 2.05) is 0 Å². The fourth-order valence-corrected chi connectivity index (χ4v) is 1.80. The molecule has 0 heterocycles. The van der Waals surface area contributed by atoms with Gasteiger partial charge in [0.05, 0.1) is 6.07 Å². The molecule has 1 N–H and O–H groups in total. The molecule has 0 bridgehead atoms. The second-order valence-corrected chi connectivity index (χ2v) is 4.03. The van der Waals surface area contributed by atoms with Crippen LogP contribution in [0.15, 0.2) is 22.7 Å².